The predicted molar refractivity (Wildman–Crippen MR) is 123 cm³/mol. The standard InChI is InChI=1S/C25H20F3N7O2/c1-34-15-7-13(17-12(22(34)36)3-2-4-16(17)37-24(27)28)18-20(15)33-35-10-14(26)19(32-21(18)35)11-8-30-23(31-9-11)25(29)5-6-25/h2-4,8-10,13,15,24H,5-7,29H2,1H3/t13-,15-/m1/s1/i1D3. The van der Waals surface area contributed by atoms with Crippen molar-refractivity contribution >= 4 is 11.6 Å². The Morgan fingerprint density at radius 3 is 2.73 bits per heavy atom. The van der Waals surface area contributed by atoms with Gasteiger partial charge in [-0.1, -0.05) is 6.07 Å². The van der Waals surface area contributed by atoms with Crippen LogP contribution in [0.3, 0.4) is 0 Å². The second-order valence-corrected chi connectivity index (χ2v) is 9.53. The van der Waals surface area contributed by atoms with Crippen molar-refractivity contribution < 1.29 is 26.8 Å². The highest BCUT2D eigenvalue weighted by molar-refractivity contribution is 5.98. The fourth-order valence-electron chi connectivity index (χ4n) is 5.34. The summed E-state index contributed by atoms with van der Waals surface area (Å²) in [5.41, 5.74) is 6.58. The van der Waals surface area contributed by atoms with Gasteiger partial charge in [-0.25, -0.2) is 23.9 Å². The van der Waals surface area contributed by atoms with Crippen molar-refractivity contribution in [2.75, 3.05) is 6.98 Å². The minimum absolute atomic E-state index is 0.0414. The van der Waals surface area contributed by atoms with Gasteiger partial charge >= 0.3 is 6.61 Å². The lowest BCUT2D eigenvalue weighted by Gasteiger charge is -2.23. The van der Waals surface area contributed by atoms with Crippen LogP contribution in [0, 0.1) is 5.82 Å². The number of hydrogen-bond donors (Lipinski definition) is 1. The smallest absolute Gasteiger partial charge is 0.387 e. The molecule has 0 saturated heterocycles. The fraction of sp³-hybridized carbons (Fsp3) is 0.320. The molecule has 1 saturated carbocycles. The van der Waals surface area contributed by atoms with E-state index in [1.807, 2.05) is 0 Å². The molecule has 2 N–H and O–H groups in total. The van der Waals surface area contributed by atoms with Gasteiger partial charge in [0.2, 0.25) is 0 Å². The number of nitrogens with two attached hydrogens (primary N) is 1. The average molecular weight is 510 g/mol. The van der Waals surface area contributed by atoms with Gasteiger partial charge in [-0.2, -0.15) is 13.9 Å². The monoisotopic (exact) mass is 510 g/mol. The zero-order valence-electron chi connectivity index (χ0n) is 22.0. The molecule has 37 heavy (non-hydrogen) atoms. The summed E-state index contributed by atoms with van der Waals surface area (Å²) in [4.78, 5) is 27.4. The van der Waals surface area contributed by atoms with Crippen molar-refractivity contribution in [3.05, 3.63) is 70.8 Å². The summed E-state index contributed by atoms with van der Waals surface area (Å²) in [6, 6.07) is 2.98. The van der Waals surface area contributed by atoms with E-state index >= 15 is 4.39 Å². The summed E-state index contributed by atoms with van der Waals surface area (Å²) >= 11 is 0. The molecule has 2 bridgehead atoms. The van der Waals surface area contributed by atoms with Gasteiger partial charge in [-0.05, 0) is 31.4 Å². The van der Waals surface area contributed by atoms with Gasteiger partial charge in [0.1, 0.15) is 17.3 Å². The first-order chi connectivity index (χ1) is 19.0. The Hall–Kier alpha value is -4.06. The van der Waals surface area contributed by atoms with Crippen LogP contribution in [0.4, 0.5) is 13.2 Å². The molecule has 7 rings (SSSR count). The van der Waals surface area contributed by atoms with Crippen molar-refractivity contribution in [2.45, 2.75) is 43.4 Å². The third-order valence-electron chi connectivity index (χ3n) is 7.30. The Bertz CT molecular complexity index is 1710. The molecule has 4 aromatic rings. The first kappa shape index (κ1) is 19.1. The SMILES string of the molecule is [2H]C([2H])([2H])N1C(=O)c2cccc(OC(F)F)c2[C@H]2C[C@@H]1c1nn3cc(F)c(-c4cnc(C5(N)CC5)nc4)nc3c12. The topological polar surface area (TPSA) is 112 Å². The maximum Gasteiger partial charge on any atom is 0.387 e. The van der Waals surface area contributed by atoms with Crippen LogP contribution in [0.15, 0.2) is 36.8 Å². The molecule has 3 aliphatic rings. The lowest BCUT2D eigenvalue weighted by Crippen LogP contribution is -2.30. The number of rotatable bonds is 4. The number of nitrogens with zero attached hydrogens (tertiary/aromatic N) is 6. The van der Waals surface area contributed by atoms with Crippen LogP contribution in [-0.4, -0.2) is 49.0 Å². The third kappa shape index (κ3) is 3.18. The third-order valence-corrected chi connectivity index (χ3v) is 7.30. The second-order valence-electron chi connectivity index (χ2n) is 9.53. The molecular formula is C25H20F3N7O2. The fourth-order valence-corrected chi connectivity index (χ4v) is 5.34. The van der Waals surface area contributed by atoms with E-state index in [4.69, 9.17) is 14.6 Å². The highest BCUT2D eigenvalue weighted by atomic mass is 19.3. The van der Waals surface area contributed by atoms with E-state index in [0.717, 1.165) is 23.9 Å². The van der Waals surface area contributed by atoms with E-state index in [-0.39, 0.29) is 45.9 Å². The number of carbonyl (C=O) groups is 1. The van der Waals surface area contributed by atoms with E-state index in [1.54, 1.807) is 0 Å². The molecule has 2 aliphatic carbocycles. The molecule has 0 spiro atoms. The highest BCUT2D eigenvalue weighted by Crippen LogP contribution is 2.53. The van der Waals surface area contributed by atoms with Crippen LogP contribution in [0.25, 0.3) is 16.9 Å². The molecule has 4 heterocycles. The normalized spacial score (nSPS) is 22.8. The molecule has 3 aromatic heterocycles. The molecule has 0 radical (unpaired) electrons. The zero-order chi connectivity index (χ0) is 28.1. The van der Waals surface area contributed by atoms with Crippen molar-refractivity contribution in [1.29, 1.82) is 0 Å². The molecule has 12 heteroatoms. The van der Waals surface area contributed by atoms with Crippen LogP contribution in [0.5, 0.6) is 5.75 Å². The van der Waals surface area contributed by atoms with Gasteiger partial charge in [0.15, 0.2) is 11.5 Å². The molecule has 1 aromatic carbocycles. The zero-order valence-corrected chi connectivity index (χ0v) is 19.0. The molecule has 0 unspecified atom stereocenters. The van der Waals surface area contributed by atoms with E-state index in [0.29, 0.717) is 11.4 Å². The number of fused-ring (bicyclic) bond motifs is 9. The van der Waals surface area contributed by atoms with Gasteiger partial charge in [0.05, 0.1) is 23.5 Å². The van der Waals surface area contributed by atoms with Crippen LogP contribution in [-0.2, 0) is 5.54 Å². The molecule has 1 fully saturated rings. The molecule has 1 amide bonds. The largest absolute Gasteiger partial charge is 0.434 e. The van der Waals surface area contributed by atoms with Crippen LogP contribution in [0.2, 0.25) is 0 Å². The predicted octanol–water partition coefficient (Wildman–Crippen LogP) is 3.54. The van der Waals surface area contributed by atoms with Gasteiger partial charge < -0.3 is 15.4 Å². The van der Waals surface area contributed by atoms with Crippen molar-refractivity contribution in [1.82, 2.24) is 29.5 Å². The minimum Gasteiger partial charge on any atom is -0.434 e. The van der Waals surface area contributed by atoms with Crippen molar-refractivity contribution in [2.24, 2.45) is 5.73 Å². The quantitative estimate of drug-likeness (QED) is 0.447. The number of amides is 1. The van der Waals surface area contributed by atoms with Crippen molar-refractivity contribution in [3.63, 3.8) is 0 Å². The van der Waals surface area contributed by atoms with Gasteiger partial charge in [-0.15, -0.1) is 0 Å². The number of benzene rings is 1. The number of hydrogen-bond acceptors (Lipinski definition) is 7. The van der Waals surface area contributed by atoms with Crippen LogP contribution < -0.4 is 10.5 Å². The van der Waals surface area contributed by atoms with Gasteiger partial charge in [0.25, 0.3) is 5.91 Å². The first-order valence-electron chi connectivity index (χ1n) is 13.1. The number of ether oxygens (including phenoxy) is 1. The molecule has 188 valence electrons. The first-order valence-corrected chi connectivity index (χ1v) is 11.6. The molecule has 1 aliphatic heterocycles. The van der Waals surface area contributed by atoms with Gasteiger partial charge in [-0.3, -0.25) is 4.79 Å². The van der Waals surface area contributed by atoms with Gasteiger partial charge in [0, 0.05) is 51.7 Å². The molecule has 9 nitrogen and oxygen atoms in total. The summed E-state index contributed by atoms with van der Waals surface area (Å²) in [5.74, 6) is -2.20. The summed E-state index contributed by atoms with van der Waals surface area (Å²) < 4.78 is 72.3. The maximum absolute atomic E-state index is 15.3. The summed E-state index contributed by atoms with van der Waals surface area (Å²) in [6.45, 7) is -6.07. The Kier molecular flexibility index (Phi) is 3.86. The van der Waals surface area contributed by atoms with Crippen molar-refractivity contribution in [3.8, 4) is 17.0 Å². The van der Waals surface area contributed by atoms with Crippen LogP contribution >= 0.6 is 0 Å². The lowest BCUT2D eigenvalue weighted by atomic mass is 9.89. The molecular weight excluding hydrogens is 487 g/mol. The van der Waals surface area contributed by atoms with E-state index < -0.39 is 42.8 Å². The number of alkyl halides is 2. The van der Waals surface area contributed by atoms with E-state index in [1.165, 1.54) is 35.1 Å². The Morgan fingerprint density at radius 2 is 2.03 bits per heavy atom. The Balaban J connectivity index is 1.44. The number of halogens is 3. The summed E-state index contributed by atoms with van der Waals surface area (Å²) in [7, 11) is 0. The van der Waals surface area contributed by atoms with E-state index in [9.17, 15) is 13.6 Å². The number of aromatic nitrogens is 5. The summed E-state index contributed by atoms with van der Waals surface area (Å²) in [5, 5.41) is 4.42. The maximum atomic E-state index is 15.3. The van der Waals surface area contributed by atoms with E-state index in [2.05, 4.69) is 20.1 Å². The lowest BCUT2D eigenvalue weighted by molar-refractivity contribution is -0.0505. The molecule has 2 atom stereocenters. The number of carbonyl (C=O) groups excluding carboxylic acids is 1. The Labute approximate surface area is 212 Å². The minimum atomic E-state index is -3.19. The Morgan fingerprint density at radius 1 is 1.24 bits per heavy atom. The second kappa shape index (κ2) is 7.48. The average Bonchev–Trinajstić information content (AvgIpc) is 3.44. The summed E-state index contributed by atoms with van der Waals surface area (Å²) in [6.07, 6.45) is 5.49. The highest BCUT2D eigenvalue weighted by Gasteiger charge is 2.47. The van der Waals surface area contributed by atoms with Crippen LogP contribution in [0.1, 0.15) is 68.3 Å².